The van der Waals surface area contributed by atoms with Crippen molar-refractivity contribution < 1.29 is 0 Å². The van der Waals surface area contributed by atoms with Gasteiger partial charge in [0.1, 0.15) is 0 Å². The minimum atomic E-state index is 0.669. The molecule has 0 amide bonds. The number of nitrogens with zero attached hydrogens (tertiary/aromatic N) is 3. The van der Waals surface area contributed by atoms with Gasteiger partial charge in [-0.25, -0.2) is 9.97 Å². The Morgan fingerprint density at radius 2 is 0.962 bits per heavy atom. The van der Waals surface area contributed by atoms with Crippen LogP contribution in [0.1, 0.15) is 0 Å². The van der Waals surface area contributed by atoms with Crippen molar-refractivity contribution >= 4 is 75.0 Å². The van der Waals surface area contributed by atoms with Crippen molar-refractivity contribution in [3.8, 4) is 39.5 Å². The third-order valence-electron chi connectivity index (χ3n) is 10.4. The topological polar surface area (TPSA) is 30.7 Å². The summed E-state index contributed by atoms with van der Waals surface area (Å²) in [5.41, 5.74) is 9.89. The Hall–Kier alpha value is -6.62. The van der Waals surface area contributed by atoms with Crippen LogP contribution >= 0.6 is 11.3 Å². The number of benzene rings is 8. The second-order valence-corrected chi connectivity index (χ2v) is 14.4. The molecule has 8 aromatic carbocycles. The van der Waals surface area contributed by atoms with E-state index in [2.05, 4.69) is 180 Å². The van der Waals surface area contributed by atoms with Crippen molar-refractivity contribution in [2.24, 2.45) is 0 Å². The van der Waals surface area contributed by atoms with Gasteiger partial charge < -0.3 is 0 Å². The number of hydrogen-bond donors (Lipinski definition) is 0. The maximum Gasteiger partial charge on any atom is 0.235 e. The van der Waals surface area contributed by atoms with Crippen LogP contribution in [0.3, 0.4) is 0 Å². The Morgan fingerprint density at radius 3 is 1.71 bits per heavy atom. The normalized spacial score (nSPS) is 11.8. The van der Waals surface area contributed by atoms with E-state index in [1.165, 1.54) is 64.0 Å². The van der Waals surface area contributed by atoms with Gasteiger partial charge in [0.25, 0.3) is 0 Å². The van der Waals surface area contributed by atoms with Crippen molar-refractivity contribution in [3.63, 3.8) is 0 Å². The fourth-order valence-electron chi connectivity index (χ4n) is 8.03. The summed E-state index contributed by atoms with van der Waals surface area (Å²) >= 11 is 1.86. The Morgan fingerprint density at radius 1 is 0.404 bits per heavy atom. The molecule has 242 valence electrons. The smallest absolute Gasteiger partial charge is 0.235 e. The number of para-hydroxylation sites is 1. The minimum absolute atomic E-state index is 0.669. The van der Waals surface area contributed by atoms with Crippen LogP contribution in [0.5, 0.6) is 0 Å². The lowest BCUT2D eigenvalue weighted by Gasteiger charge is -2.13. The average Bonchev–Trinajstić information content (AvgIpc) is 3.78. The molecule has 0 aliphatic heterocycles. The van der Waals surface area contributed by atoms with Gasteiger partial charge in [-0.15, -0.1) is 11.3 Å². The van der Waals surface area contributed by atoms with E-state index in [0.29, 0.717) is 5.95 Å². The maximum atomic E-state index is 5.49. The van der Waals surface area contributed by atoms with E-state index in [-0.39, 0.29) is 0 Å². The van der Waals surface area contributed by atoms with Crippen LogP contribution in [0, 0.1) is 0 Å². The first kappa shape index (κ1) is 29.1. The van der Waals surface area contributed by atoms with Crippen LogP contribution in [-0.4, -0.2) is 14.5 Å². The number of aromatic nitrogens is 3. The SMILES string of the molecule is c1ccc(-c2ccc(-c3nc(-n4c5ccc(-c6ccccc6)cc5c5c6ccccc6c6c7ccccc7sc6c54)nc4ccccc34)cc2)cc1. The first-order chi connectivity index (χ1) is 25.8. The molecule has 0 aliphatic rings. The molecule has 3 aromatic heterocycles. The van der Waals surface area contributed by atoms with Gasteiger partial charge in [-0.3, -0.25) is 4.57 Å². The van der Waals surface area contributed by atoms with Gasteiger partial charge in [-0.2, -0.15) is 0 Å². The van der Waals surface area contributed by atoms with Crippen LogP contribution in [0.15, 0.2) is 176 Å². The zero-order chi connectivity index (χ0) is 34.2. The zero-order valence-electron chi connectivity index (χ0n) is 28.0. The Kier molecular flexibility index (Phi) is 6.42. The van der Waals surface area contributed by atoms with E-state index >= 15 is 0 Å². The Bertz CT molecular complexity index is 3160. The van der Waals surface area contributed by atoms with E-state index in [4.69, 9.17) is 9.97 Å². The van der Waals surface area contributed by atoms with E-state index in [1.54, 1.807) is 0 Å². The molecular formula is C48H29N3S. The van der Waals surface area contributed by atoms with E-state index in [9.17, 15) is 0 Å². The van der Waals surface area contributed by atoms with Crippen LogP contribution in [0.4, 0.5) is 0 Å². The van der Waals surface area contributed by atoms with E-state index < -0.39 is 0 Å². The van der Waals surface area contributed by atoms with Gasteiger partial charge in [0.05, 0.1) is 26.9 Å². The molecular weight excluding hydrogens is 651 g/mol. The lowest BCUT2D eigenvalue weighted by Crippen LogP contribution is -2.03. The fraction of sp³-hybridized carbons (Fsp3) is 0. The summed E-state index contributed by atoms with van der Waals surface area (Å²) in [4.78, 5) is 10.8. The lowest BCUT2D eigenvalue weighted by molar-refractivity contribution is 1.02. The fourth-order valence-corrected chi connectivity index (χ4v) is 9.29. The summed E-state index contributed by atoms with van der Waals surface area (Å²) in [7, 11) is 0. The number of fused-ring (bicyclic) bond motifs is 11. The maximum absolute atomic E-state index is 5.49. The average molecular weight is 680 g/mol. The van der Waals surface area contributed by atoms with Crippen molar-refractivity contribution in [3.05, 3.63) is 176 Å². The summed E-state index contributed by atoms with van der Waals surface area (Å²) in [6.07, 6.45) is 0. The predicted molar refractivity (Wildman–Crippen MR) is 221 cm³/mol. The third-order valence-corrected chi connectivity index (χ3v) is 11.6. The van der Waals surface area contributed by atoms with Crippen LogP contribution in [0.25, 0.3) is 103 Å². The molecule has 11 rings (SSSR count). The van der Waals surface area contributed by atoms with Gasteiger partial charge in [0, 0.05) is 37.2 Å². The summed E-state index contributed by atoms with van der Waals surface area (Å²) in [6, 6.07) is 62.9. The van der Waals surface area contributed by atoms with E-state index in [0.717, 1.165) is 33.2 Å². The van der Waals surface area contributed by atoms with Gasteiger partial charge in [-0.1, -0.05) is 152 Å². The van der Waals surface area contributed by atoms with Crippen molar-refractivity contribution in [2.75, 3.05) is 0 Å². The summed E-state index contributed by atoms with van der Waals surface area (Å²) in [5.74, 6) is 0.669. The molecule has 11 aromatic rings. The number of hydrogen-bond acceptors (Lipinski definition) is 3. The molecule has 0 bridgehead atoms. The molecule has 3 heterocycles. The highest BCUT2D eigenvalue weighted by molar-refractivity contribution is 7.27. The largest absolute Gasteiger partial charge is 0.276 e. The second kappa shape index (κ2) is 11.5. The van der Waals surface area contributed by atoms with Crippen molar-refractivity contribution in [2.45, 2.75) is 0 Å². The molecule has 4 heteroatoms. The molecule has 0 saturated heterocycles. The van der Waals surface area contributed by atoms with Crippen LogP contribution in [-0.2, 0) is 0 Å². The summed E-state index contributed by atoms with van der Waals surface area (Å²) in [6.45, 7) is 0. The minimum Gasteiger partial charge on any atom is -0.276 e. The highest BCUT2D eigenvalue weighted by Gasteiger charge is 2.24. The Labute approximate surface area is 303 Å². The summed E-state index contributed by atoms with van der Waals surface area (Å²) in [5, 5.41) is 8.52. The van der Waals surface area contributed by atoms with Gasteiger partial charge in [-0.05, 0) is 57.3 Å². The van der Waals surface area contributed by atoms with Gasteiger partial charge in [0.2, 0.25) is 5.95 Å². The molecule has 3 nitrogen and oxygen atoms in total. The molecule has 0 spiro atoms. The molecule has 0 saturated carbocycles. The first-order valence-electron chi connectivity index (χ1n) is 17.6. The molecule has 52 heavy (non-hydrogen) atoms. The zero-order valence-corrected chi connectivity index (χ0v) is 28.8. The van der Waals surface area contributed by atoms with Crippen molar-refractivity contribution in [1.82, 2.24) is 14.5 Å². The number of rotatable bonds is 4. The molecule has 0 N–H and O–H groups in total. The summed E-state index contributed by atoms with van der Waals surface area (Å²) < 4.78 is 4.85. The third kappa shape index (κ3) is 4.38. The molecule has 0 unspecified atom stereocenters. The monoisotopic (exact) mass is 679 g/mol. The van der Waals surface area contributed by atoms with E-state index in [1.807, 2.05) is 11.3 Å². The quantitative estimate of drug-likeness (QED) is 0.185. The second-order valence-electron chi connectivity index (χ2n) is 13.3. The van der Waals surface area contributed by atoms with Gasteiger partial charge >= 0.3 is 0 Å². The molecule has 0 fully saturated rings. The first-order valence-corrected chi connectivity index (χ1v) is 18.4. The predicted octanol–water partition coefficient (Wildman–Crippen LogP) is 13.2. The molecule has 0 aliphatic carbocycles. The molecule has 0 atom stereocenters. The van der Waals surface area contributed by atoms with Gasteiger partial charge in [0.15, 0.2) is 0 Å². The standard InChI is InChI=1S/C48H29N3S/c1-3-13-30(14-4-1)32-23-25-33(26-24-32)45-37-19-9-11-21-40(37)49-48(50-45)51-41-28-27-34(31-15-5-2-6-16-31)29-39(41)43-35-17-7-8-18-36(35)44-38-20-10-12-22-42(38)52-47(44)46(43)51/h1-29H. The van der Waals surface area contributed by atoms with Crippen LogP contribution < -0.4 is 0 Å². The number of thiophene rings is 1. The van der Waals surface area contributed by atoms with Crippen molar-refractivity contribution in [1.29, 1.82) is 0 Å². The highest BCUT2D eigenvalue weighted by Crippen LogP contribution is 2.48. The highest BCUT2D eigenvalue weighted by atomic mass is 32.1. The molecule has 0 radical (unpaired) electrons. The lowest BCUT2D eigenvalue weighted by atomic mass is 9.97. The van der Waals surface area contributed by atoms with Crippen LogP contribution in [0.2, 0.25) is 0 Å². The Balaban J connectivity index is 1.27.